The Kier molecular flexibility index (Phi) is 5.75. The van der Waals surface area contributed by atoms with Gasteiger partial charge in [-0.1, -0.05) is 31.2 Å². The van der Waals surface area contributed by atoms with Crippen molar-refractivity contribution in [3.63, 3.8) is 0 Å². The van der Waals surface area contributed by atoms with Crippen LogP contribution in [0.5, 0.6) is 0 Å². The Morgan fingerprint density at radius 1 is 1.07 bits per heavy atom. The molecule has 2 aromatic carbocycles. The van der Waals surface area contributed by atoms with E-state index in [0.717, 1.165) is 28.8 Å². The number of aromatic nitrogens is 1. The van der Waals surface area contributed by atoms with E-state index in [2.05, 4.69) is 22.5 Å². The maximum Gasteiger partial charge on any atom is 0.256 e. The summed E-state index contributed by atoms with van der Waals surface area (Å²) in [7, 11) is 0. The average Bonchev–Trinajstić information content (AvgIpc) is 3.05. The summed E-state index contributed by atoms with van der Waals surface area (Å²) in [6.45, 7) is 3.16. The van der Waals surface area contributed by atoms with Gasteiger partial charge >= 0.3 is 0 Å². The summed E-state index contributed by atoms with van der Waals surface area (Å²) in [5.41, 5.74) is 4.04. The highest BCUT2D eigenvalue weighted by molar-refractivity contribution is 5.99. The second-order valence-corrected chi connectivity index (χ2v) is 7.25. The van der Waals surface area contributed by atoms with Crippen LogP contribution in [-0.2, 0) is 6.54 Å². The van der Waals surface area contributed by atoms with E-state index in [9.17, 15) is 9.59 Å². The zero-order valence-electron chi connectivity index (χ0n) is 16.8. The van der Waals surface area contributed by atoms with Gasteiger partial charge in [-0.05, 0) is 48.4 Å². The van der Waals surface area contributed by atoms with E-state index < -0.39 is 0 Å². The van der Waals surface area contributed by atoms with E-state index in [0.29, 0.717) is 18.7 Å². The summed E-state index contributed by atoms with van der Waals surface area (Å²) in [6.07, 6.45) is 4.03. The second kappa shape index (κ2) is 8.78. The van der Waals surface area contributed by atoms with Gasteiger partial charge in [0.2, 0.25) is 0 Å². The van der Waals surface area contributed by atoms with Gasteiger partial charge in [0, 0.05) is 47.9 Å². The van der Waals surface area contributed by atoms with E-state index in [1.165, 1.54) is 0 Å². The molecule has 3 aromatic rings. The number of nitrogens with zero attached hydrogens (tertiary/aromatic N) is 2. The average molecular weight is 400 g/mol. The van der Waals surface area contributed by atoms with Crippen molar-refractivity contribution in [3.8, 4) is 0 Å². The minimum Gasteiger partial charge on any atom is -0.361 e. The molecule has 0 spiro atoms. The van der Waals surface area contributed by atoms with Crippen LogP contribution in [-0.4, -0.2) is 28.2 Å². The predicted octanol–water partition coefficient (Wildman–Crippen LogP) is 3.99. The topological polar surface area (TPSA) is 74.3 Å². The number of rotatable bonds is 7. The molecule has 0 bridgehead atoms. The van der Waals surface area contributed by atoms with Gasteiger partial charge in [-0.25, -0.2) is 0 Å². The lowest BCUT2D eigenvalue weighted by molar-refractivity contribution is 0.0742. The lowest BCUT2D eigenvalue weighted by atomic mass is 10.1. The van der Waals surface area contributed by atoms with Crippen molar-refractivity contribution in [2.24, 2.45) is 0 Å². The SMILES string of the molecule is CCCN1C(=O)c2ccccc2[C@H]1Nc1cccc(C(=O)NCc2ccncc2)c1. The van der Waals surface area contributed by atoms with Gasteiger partial charge in [-0.2, -0.15) is 0 Å². The number of anilines is 1. The maximum atomic E-state index is 12.8. The number of carbonyl (C=O) groups excluding carboxylic acids is 2. The van der Waals surface area contributed by atoms with Gasteiger partial charge in [0.1, 0.15) is 6.17 Å². The highest BCUT2D eigenvalue weighted by Gasteiger charge is 2.35. The first kappa shape index (κ1) is 19.6. The molecular weight excluding hydrogens is 376 g/mol. The Balaban J connectivity index is 1.51. The Morgan fingerprint density at radius 2 is 1.87 bits per heavy atom. The lowest BCUT2D eigenvalue weighted by Gasteiger charge is -2.27. The fourth-order valence-electron chi connectivity index (χ4n) is 3.69. The van der Waals surface area contributed by atoms with E-state index >= 15 is 0 Å². The molecule has 2 amide bonds. The van der Waals surface area contributed by atoms with Crippen LogP contribution in [0.25, 0.3) is 0 Å². The monoisotopic (exact) mass is 400 g/mol. The van der Waals surface area contributed by atoms with Crippen molar-refractivity contribution in [1.29, 1.82) is 0 Å². The minimum atomic E-state index is -0.247. The van der Waals surface area contributed by atoms with E-state index in [1.807, 2.05) is 59.5 Å². The predicted molar refractivity (Wildman–Crippen MR) is 116 cm³/mol. The third-order valence-corrected chi connectivity index (χ3v) is 5.15. The van der Waals surface area contributed by atoms with Crippen LogP contribution in [0.1, 0.15) is 51.4 Å². The van der Waals surface area contributed by atoms with Crippen molar-refractivity contribution in [2.45, 2.75) is 26.1 Å². The number of hydrogen-bond donors (Lipinski definition) is 2. The molecule has 1 aliphatic heterocycles. The molecular formula is C24H24N4O2. The Labute approximate surface area is 175 Å². The molecule has 0 aliphatic carbocycles. The van der Waals surface area contributed by atoms with Gasteiger partial charge in [-0.15, -0.1) is 0 Å². The highest BCUT2D eigenvalue weighted by atomic mass is 16.2. The van der Waals surface area contributed by atoms with E-state index in [1.54, 1.807) is 18.5 Å². The molecule has 4 rings (SSSR count). The molecule has 30 heavy (non-hydrogen) atoms. The molecule has 6 nitrogen and oxygen atoms in total. The molecule has 2 N–H and O–H groups in total. The molecule has 6 heteroatoms. The molecule has 2 heterocycles. The number of nitrogens with one attached hydrogen (secondary N) is 2. The maximum absolute atomic E-state index is 12.8. The van der Waals surface area contributed by atoms with Crippen molar-refractivity contribution in [2.75, 3.05) is 11.9 Å². The largest absolute Gasteiger partial charge is 0.361 e. The quantitative estimate of drug-likeness (QED) is 0.629. The smallest absolute Gasteiger partial charge is 0.256 e. The zero-order chi connectivity index (χ0) is 20.9. The Hall–Kier alpha value is -3.67. The molecule has 0 unspecified atom stereocenters. The highest BCUT2D eigenvalue weighted by Crippen LogP contribution is 2.34. The van der Waals surface area contributed by atoms with Crippen LogP contribution in [0.2, 0.25) is 0 Å². The zero-order valence-corrected chi connectivity index (χ0v) is 16.8. The number of amides is 2. The number of pyridine rings is 1. The first-order chi connectivity index (χ1) is 14.7. The third kappa shape index (κ3) is 4.03. The molecule has 0 fully saturated rings. The van der Waals surface area contributed by atoms with Gasteiger partial charge in [0.05, 0.1) is 0 Å². The van der Waals surface area contributed by atoms with Crippen LogP contribution in [0.3, 0.4) is 0 Å². The summed E-state index contributed by atoms with van der Waals surface area (Å²) in [5, 5.41) is 6.38. The van der Waals surface area contributed by atoms with E-state index in [-0.39, 0.29) is 18.0 Å². The Morgan fingerprint density at radius 3 is 2.67 bits per heavy atom. The summed E-state index contributed by atoms with van der Waals surface area (Å²) >= 11 is 0. The fourth-order valence-corrected chi connectivity index (χ4v) is 3.69. The van der Waals surface area contributed by atoms with Crippen molar-refractivity contribution in [1.82, 2.24) is 15.2 Å². The van der Waals surface area contributed by atoms with Crippen molar-refractivity contribution < 1.29 is 9.59 Å². The fraction of sp³-hybridized carbons (Fsp3) is 0.208. The van der Waals surface area contributed by atoms with Gasteiger partial charge in [0.25, 0.3) is 11.8 Å². The molecule has 0 saturated heterocycles. The number of fused-ring (bicyclic) bond motifs is 1. The van der Waals surface area contributed by atoms with Gasteiger partial charge < -0.3 is 15.5 Å². The van der Waals surface area contributed by atoms with Crippen molar-refractivity contribution >= 4 is 17.5 Å². The number of hydrogen-bond acceptors (Lipinski definition) is 4. The van der Waals surface area contributed by atoms with Gasteiger partial charge in [-0.3, -0.25) is 14.6 Å². The Bertz CT molecular complexity index is 1050. The standard InChI is InChI=1S/C24H24N4O2/c1-2-14-28-22(20-8-3-4-9-21(20)24(28)30)27-19-7-5-6-18(15-19)23(29)26-16-17-10-12-25-13-11-17/h3-13,15,22,27H,2,14,16H2,1H3,(H,26,29)/t22-/m0/s1. The molecule has 152 valence electrons. The normalized spacial score (nSPS) is 15.0. The minimum absolute atomic E-state index is 0.0381. The van der Waals surface area contributed by atoms with Crippen LogP contribution < -0.4 is 10.6 Å². The summed E-state index contributed by atoms with van der Waals surface area (Å²) in [5.74, 6) is -0.111. The third-order valence-electron chi connectivity index (χ3n) is 5.15. The van der Waals surface area contributed by atoms with Crippen molar-refractivity contribution in [3.05, 3.63) is 95.3 Å². The molecule has 0 radical (unpaired) electrons. The first-order valence-electron chi connectivity index (χ1n) is 10.1. The molecule has 1 atom stereocenters. The second-order valence-electron chi connectivity index (χ2n) is 7.25. The summed E-state index contributed by atoms with van der Waals surface area (Å²) in [4.78, 5) is 31.2. The van der Waals surface area contributed by atoms with Crippen LogP contribution in [0.4, 0.5) is 5.69 Å². The number of benzene rings is 2. The summed E-state index contributed by atoms with van der Waals surface area (Å²) < 4.78 is 0. The molecule has 1 aliphatic rings. The summed E-state index contributed by atoms with van der Waals surface area (Å²) in [6, 6.07) is 18.8. The number of carbonyl (C=O) groups is 2. The van der Waals surface area contributed by atoms with Crippen LogP contribution in [0, 0.1) is 0 Å². The first-order valence-corrected chi connectivity index (χ1v) is 10.1. The van der Waals surface area contributed by atoms with Gasteiger partial charge in [0.15, 0.2) is 0 Å². The van der Waals surface area contributed by atoms with E-state index in [4.69, 9.17) is 0 Å². The van der Waals surface area contributed by atoms with Crippen LogP contribution in [0.15, 0.2) is 73.1 Å². The van der Waals surface area contributed by atoms with Crippen LogP contribution >= 0.6 is 0 Å². The lowest BCUT2D eigenvalue weighted by Crippen LogP contribution is -2.33. The molecule has 0 saturated carbocycles. The molecule has 1 aromatic heterocycles.